The second-order valence-corrected chi connectivity index (χ2v) is 4.67. The number of benzene rings is 1. The van der Waals surface area contributed by atoms with E-state index in [1.807, 2.05) is 0 Å². The standard InChI is InChI=1S/C13H7ClFN3O3/c14-9-3-6(13(20)21)5-18-11(16-17-12(9)18)8-4-7(15)1-2-10(8)19/h1-5,19H,(H,20,21). The second kappa shape index (κ2) is 4.71. The Kier molecular flexibility index (Phi) is 2.99. The Balaban J connectivity index is 2.33. The number of aromatic carboxylic acids is 1. The van der Waals surface area contributed by atoms with E-state index in [2.05, 4.69) is 10.2 Å². The van der Waals surface area contributed by atoms with E-state index < -0.39 is 11.8 Å². The maximum atomic E-state index is 13.3. The van der Waals surface area contributed by atoms with Crippen molar-refractivity contribution in [2.75, 3.05) is 0 Å². The highest BCUT2D eigenvalue weighted by molar-refractivity contribution is 6.33. The molecule has 8 heteroatoms. The van der Waals surface area contributed by atoms with E-state index in [9.17, 15) is 14.3 Å². The number of pyridine rings is 1. The molecule has 2 heterocycles. The molecule has 0 radical (unpaired) electrons. The van der Waals surface area contributed by atoms with Gasteiger partial charge in [-0.05, 0) is 24.3 Å². The highest BCUT2D eigenvalue weighted by atomic mass is 35.5. The van der Waals surface area contributed by atoms with Crippen LogP contribution in [0.15, 0.2) is 30.5 Å². The van der Waals surface area contributed by atoms with E-state index in [0.29, 0.717) is 0 Å². The SMILES string of the molecule is O=C(O)c1cc(Cl)c2nnc(-c3cc(F)ccc3O)n2c1. The largest absolute Gasteiger partial charge is 0.507 e. The van der Waals surface area contributed by atoms with Crippen LogP contribution in [0.2, 0.25) is 5.02 Å². The van der Waals surface area contributed by atoms with Gasteiger partial charge in [-0.15, -0.1) is 10.2 Å². The van der Waals surface area contributed by atoms with Crippen molar-refractivity contribution < 1.29 is 19.4 Å². The van der Waals surface area contributed by atoms with Crippen LogP contribution in [0.25, 0.3) is 17.0 Å². The van der Waals surface area contributed by atoms with Crippen molar-refractivity contribution in [3.05, 3.63) is 46.9 Å². The van der Waals surface area contributed by atoms with Crippen LogP contribution in [-0.4, -0.2) is 30.8 Å². The van der Waals surface area contributed by atoms with Crippen molar-refractivity contribution in [3.63, 3.8) is 0 Å². The molecule has 3 rings (SSSR count). The van der Waals surface area contributed by atoms with Crippen molar-refractivity contribution in [3.8, 4) is 17.1 Å². The van der Waals surface area contributed by atoms with Crippen LogP contribution in [0.3, 0.4) is 0 Å². The second-order valence-electron chi connectivity index (χ2n) is 4.26. The number of phenols is 1. The van der Waals surface area contributed by atoms with Crippen LogP contribution < -0.4 is 0 Å². The molecule has 0 fully saturated rings. The van der Waals surface area contributed by atoms with Crippen molar-refractivity contribution in [2.24, 2.45) is 0 Å². The van der Waals surface area contributed by atoms with Gasteiger partial charge < -0.3 is 10.2 Å². The fourth-order valence-electron chi connectivity index (χ4n) is 1.94. The molecule has 0 saturated carbocycles. The number of rotatable bonds is 2. The number of phenolic OH excluding ortho intramolecular Hbond substituents is 1. The lowest BCUT2D eigenvalue weighted by Gasteiger charge is -2.05. The molecule has 0 bridgehead atoms. The number of hydrogen-bond acceptors (Lipinski definition) is 4. The maximum Gasteiger partial charge on any atom is 0.337 e. The minimum atomic E-state index is -1.18. The number of halogens is 2. The molecule has 0 unspecified atom stereocenters. The number of fused-ring (bicyclic) bond motifs is 1. The molecule has 0 amide bonds. The highest BCUT2D eigenvalue weighted by Gasteiger charge is 2.17. The first-order valence-corrected chi connectivity index (χ1v) is 6.11. The van der Waals surface area contributed by atoms with Gasteiger partial charge in [0, 0.05) is 6.20 Å². The molecular formula is C13H7ClFN3O3. The Bertz CT molecular complexity index is 878. The van der Waals surface area contributed by atoms with Gasteiger partial charge in [-0.25, -0.2) is 9.18 Å². The molecule has 0 spiro atoms. The zero-order chi connectivity index (χ0) is 15.1. The Hall–Kier alpha value is -2.67. The monoisotopic (exact) mass is 307 g/mol. The molecular weight excluding hydrogens is 301 g/mol. The van der Waals surface area contributed by atoms with Crippen LogP contribution in [-0.2, 0) is 0 Å². The summed E-state index contributed by atoms with van der Waals surface area (Å²) in [5, 5.41) is 26.6. The average Bonchev–Trinajstić information content (AvgIpc) is 2.85. The van der Waals surface area contributed by atoms with E-state index in [1.54, 1.807) is 0 Å². The highest BCUT2D eigenvalue weighted by Crippen LogP contribution is 2.30. The third-order valence-corrected chi connectivity index (χ3v) is 3.18. The van der Waals surface area contributed by atoms with Crippen LogP contribution >= 0.6 is 11.6 Å². The number of aromatic hydroxyl groups is 1. The van der Waals surface area contributed by atoms with Crippen molar-refractivity contribution in [1.29, 1.82) is 0 Å². The van der Waals surface area contributed by atoms with Crippen LogP contribution in [0, 0.1) is 5.82 Å². The molecule has 0 aliphatic rings. The summed E-state index contributed by atoms with van der Waals surface area (Å²) in [5.74, 6) is -1.86. The van der Waals surface area contributed by atoms with Gasteiger partial charge in [0.05, 0.1) is 16.1 Å². The molecule has 21 heavy (non-hydrogen) atoms. The van der Waals surface area contributed by atoms with Crippen molar-refractivity contribution >= 4 is 23.2 Å². The lowest BCUT2D eigenvalue weighted by Crippen LogP contribution is -2.00. The van der Waals surface area contributed by atoms with Gasteiger partial charge >= 0.3 is 5.97 Å². The van der Waals surface area contributed by atoms with Crippen LogP contribution in [0.1, 0.15) is 10.4 Å². The Labute approximate surface area is 122 Å². The lowest BCUT2D eigenvalue weighted by molar-refractivity contribution is 0.0696. The van der Waals surface area contributed by atoms with E-state index in [-0.39, 0.29) is 33.4 Å². The van der Waals surface area contributed by atoms with Crippen LogP contribution in [0.4, 0.5) is 4.39 Å². The molecule has 2 aromatic heterocycles. The predicted octanol–water partition coefficient (Wildman–Crippen LogP) is 2.59. The average molecular weight is 308 g/mol. The lowest BCUT2D eigenvalue weighted by atomic mass is 10.2. The fraction of sp³-hybridized carbons (Fsp3) is 0. The predicted molar refractivity (Wildman–Crippen MR) is 72.0 cm³/mol. The van der Waals surface area contributed by atoms with Crippen molar-refractivity contribution in [2.45, 2.75) is 0 Å². The van der Waals surface area contributed by atoms with E-state index in [4.69, 9.17) is 16.7 Å². The van der Waals surface area contributed by atoms with Crippen molar-refractivity contribution in [1.82, 2.24) is 14.6 Å². The first-order valence-electron chi connectivity index (χ1n) is 5.74. The number of carbonyl (C=O) groups is 1. The smallest absolute Gasteiger partial charge is 0.337 e. The van der Waals surface area contributed by atoms with E-state index in [0.717, 1.165) is 12.1 Å². The molecule has 106 valence electrons. The minimum absolute atomic E-state index is 0.0792. The summed E-state index contributed by atoms with van der Waals surface area (Å²) >= 11 is 5.95. The Morgan fingerprint density at radius 3 is 2.76 bits per heavy atom. The number of carboxylic acid groups (broad SMARTS) is 1. The summed E-state index contributed by atoms with van der Waals surface area (Å²) < 4.78 is 14.6. The first kappa shape index (κ1) is 13.3. The van der Waals surface area contributed by atoms with Crippen LogP contribution in [0.5, 0.6) is 5.75 Å². The van der Waals surface area contributed by atoms with Gasteiger partial charge in [0.25, 0.3) is 0 Å². The summed E-state index contributed by atoms with van der Waals surface area (Å²) in [7, 11) is 0. The first-order chi connectivity index (χ1) is 9.97. The fourth-order valence-corrected chi connectivity index (χ4v) is 2.19. The summed E-state index contributed by atoms with van der Waals surface area (Å²) in [4.78, 5) is 11.1. The molecule has 6 nitrogen and oxygen atoms in total. The number of carboxylic acids is 1. The van der Waals surface area contributed by atoms with Gasteiger partial charge in [0.1, 0.15) is 11.6 Å². The van der Waals surface area contributed by atoms with Gasteiger partial charge in [-0.3, -0.25) is 4.40 Å². The van der Waals surface area contributed by atoms with Gasteiger partial charge in [0.15, 0.2) is 11.5 Å². The molecule has 0 aliphatic carbocycles. The third-order valence-electron chi connectivity index (χ3n) is 2.91. The molecule has 2 N–H and O–H groups in total. The van der Waals surface area contributed by atoms with Gasteiger partial charge in [0.2, 0.25) is 0 Å². The summed E-state index contributed by atoms with van der Waals surface area (Å²) in [6.45, 7) is 0. The number of hydrogen-bond donors (Lipinski definition) is 2. The quantitative estimate of drug-likeness (QED) is 0.760. The zero-order valence-corrected chi connectivity index (χ0v) is 11.0. The Morgan fingerprint density at radius 1 is 1.29 bits per heavy atom. The molecule has 3 aromatic rings. The third kappa shape index (κ3) is 2.17. The van der Waals surface area contributed by atoms with Gasteiger partial charge in [-0.2, -0.15) is 0 Å². The Morgan fingerprint density at radius 2 is 2.05 bits per heavy atom. The number of nitrogens with zero attached hydrogens (tertiary/aromatic N) is 3. The topological polar surface area (TPSA) is 87.7 Å². The maximum absolute atomic E-state index is 13.3. The minimum Gasteiger partial charge on any atom is -0.507 e. The zero-order valence-electron chi connectivity index (χ0n) is 10.3. The summed E-state index contributed by atoms with van der Waals surface area (Å²) in [6, 6.07) is 4.59. The molecule has 0 atom stereocenters. The van der Waals surface area contributed by atoms with E-state index in [1.165, 1.54) is 22.7 Å². The normalized spacial score (nSPS) is 11.0. The molecule has 1 aromatic carbocycles. The number of aromatic nitrogens is 3. The van der Waals surface area contributed by atoms with Gasteiger partial charge in [-0.1, -0.05) is 11.6 Å². The molecule has 0 aliphatic heterocycles. The van der Waals surface area contributed by atoms with E-state index >= 15 is 0 Å². The summed E-state index contributed by atoms with van der Waals surface area (Å²) in [5.41, 5.74) is 0.214. The summed E-state index contributed by atoms with van der Waals surface area (Å²) in [6.07, 6.45) is 1.25. The molecule has 0 saturated heterocycles.